The molecule has 0 atom stereocenters. The maximum absolute atomic E-state index is 15.0. The summed E-state index contributed by atoms with van der Waals surface area (Å²) in [6.45, 7) is 5.07. The van der Waals surface area contributed by atoms with Gasteiger partial charge in [0.25, 0.3) is 0 Å². The molecule has 0 bridgehead atoms. The van der Waals surface area contributed by atoms with E-state index in [2.05, 4.69) is 6.92 Å². The molecule has 0 amide bonds. The fraction of sp³-hybridized carbons (Fsp3) is 0.581. The molecule has 0 unspecified atom stereocenters. The van der Waals surface area contributed by atoms with E-state index in [1.807, 2.05) is 6.07 Å². The average Bonchev–Trinajstić information content (AvgIpc) is 2.92. The average molecular weight is 533 g/mol. The van der Waals surface area contributed by atoms with E-state index in [1.165, 1.54) is 18.2 Å². The number of halogens is 3. The minimum absolute atomic E-state index is 0.0803. The molecular formula is C31H39F3O4. The molecule has 0 saturated heterocycles. The van der Waals surface area contributed by atoms with Crippen molar-refractivity contribution in [3.63, 3.8) is 0 Å². The van der Waals surface area contributed by atoms with Crippen molar-refractivity contribution < 1.29 is 32.2 Å². The maximum atomic E-state index is 15.0. The molecule has 0 heterocycles. The molecule has 0 radical (unpaired) electrons. The monoisotopic (exact) mass is 532 g/mol. The Morgan fingerprint density at radius 3 is 2.18 bits per heavy atom. The van der Waals surface area contributed by atoms with Crippen LogP contribution in [0, 0.1) is 17.5 Å². The molecule has 2 aromatic carbocycles. The molecule has 0 spiro atoms. The van der Waals surface area contributed by atoms with E-state index in [0.717, 1.165) is 50.7 Å². The first-order chi connectivity index (χ1) is 18.4. The van der Waals surface area contributed by atoms with Crippen LogP contribution in [0.25, 0.3) is 0 Å². The van der Waals surface area contributed by atoms with Crippen LogP contribution >= 0.6 is 0 Å². The van der Waals surface area contributed by atoms with Crippen molar-refractivity contribution in [2.75, 3.05) is 13.2 Å². The van der Waals surface area contributed by atoms with E-state index < -0.39 is 17.6 Å². The normalized spacial score (nSPS) is 23.7. The van der Waals surface area contributed by atoms with Crippen LogP contribution in [-0.4, -0.2) is 31.4 Å². The second-order valence-corrected chi connectivity index (χ2v) is 10.5. The summed E-state index contributed by atoms with van der Waals surface area (Å²) in [5.74, 6) is -2.99. The van der Waals surface area contributed by atoms with Crippen LogP contribution in [0.2, 0.25) is 0 Å². The highest BCUT2D eigenvalue weighted by atomic mass is 19.2. The highest BCUT2D eigenvalue weighted by Crippen LogP contribution is 2.38. The van der Waals surface area contributed by atoms with Crippen molar-refractivity contribution in [2.45, 2.75) is 102 Å². The van der Waals surface area contributed by atoms with Gasteiger partial charge in [0.1, 0.15) is 6.10 Å². The Morgan fingerprint density at radius 2 is 1.53 bits per heavy atom. The third kappa shape index (κ3) is 6.90. The van der Waals surface area contributed by atoms with E-state index in [0.29, 0.717) is 37.9 Å². The van der Waals surface area contributed by atoms with Gasteiger partial charge in [0.2, 0.25) is 0 Å². The van der Waals surface area contributed by atoms with E-state index in [-0.39, 0.29) is 41.2 Å². The van der Waals surface area contributed by atoms with Gasteiger partial charge in [-0.1, -0.05) is 25.5 Å². The molecule has 2 aliphatic carbocycles. The molecule has 0 N–H and O–H groups in total. The molecule has 2 aliphatic rings. The van der Waals surface area contributed by atoms with Crippen molar-refractivity contribution in [3.8, 4) is 5.75 Å². The van der Waals surface area contributed by atoms with Crippen molar-refractivity contribution in [1.29, 1.82) is 0 Å². The van der Waals surface area contributed by atoms with Crippen molar-refractivity contribution in [2.24, 2.45) is 0 Å². The van der Waals surface area contributed by atoms with Gasteiger partial charge in [-0.25, -0.2) is 18.0 Å². The second-order valence-electron chi connectivity index (χ2n) is 10.5. The Balaban J connectivity index is 1.30. The van der Waals surface area contributed by atoms with Gasteiger partial charge < -0.3 is 14.2 Å². The van der Waals surface area contributed by atoms with Gasteiger partial charge in [0, 0.05) is 6.61 Å². The zero-order valence-corrected chi connectivity index (χ0v) is 22.4. The van der Waals surface area contributed by atoms with E-state index in [1.54, 1.807) is 13.0 Å². The highest BCUT2D eigenvalue weighted by Gasteiger charge is 2.30. The summed E-state index contributed by atoms with van der Waals surface area (Å²) >= 11 is 0. The number of hydrogen-bond acceptors (Lipinski definition) is 4. The fourth-order valence-electron chi connectivity index (χ4n) is 5.74. The molecule has 38 heavy (non-hydrogen) atoms. The summed E-state index contributed by atoms with van der Waals surface area (Å²) in [6.07, 6.45) is 7.63. The molecule has 4 rings (SSSR count). The Labute approximate surface area is 223 Å². The van der Waals surface area contributed by atoms with Crippen molar-refractivity contribution in [3.05, 3.63) is 64.5 Å². The summed E-state index contributed by atoms with van der Waals surface area (Å²) in [6, 6.07) is 7.92. The number of esters is 1. The van der Waals surface area contributed by atoms with Gasteiger partial charge in [-0.05, 0) is 106 Å². The van der Waals surface area contributed by atoms with Crippen LogP contribution < -0.4 is 4.74 Å². The van der Waals surface area contributed by atoms with Crippen LogP contribution in [0.5, 0.6) is 5.75 Å². The van der Waals surface area contributed by atoms with Crippen LogP contribution in [-0.2, 0) is 9.47 Å². The lowest BCUT2D eigenvalue weighted by Gasteiger charge is -2.30. The number of ether oxygens (including phenoxy) is 3. The lowest BCUT2D eigenvalue weighted by Crippen LogP contribution is -2.25. The lowest BCUT2D eigenvalue weighted by molar-refractivity contribution is 0.0189. The smallest absolute Gasteiger partial charge is 0.341 e. The van der Waals surface area contributed by atoms with Gasteiger partial charge in [-0.15, -0.1) is 0 Å². The standard InChI is InChI=1S/C31H39F3O4/c1-3-5-18-37-23-11-8-21(9-12-23)25-15-16-26(30(34)29(25)33)31(35)38-24-13-6-20(7-14-24)22-10-17-28(36-4-2)27(32)19-22/h10,15-17,19-21,23-24H,3-9,11-14,18H2,1-2H3. The lowest BCUT2D eigenvalue weighted by atomic mass is 9.82. The number of rotatable bonds is 10. The maximum Gasteiger partial charge on any atom is 0.341 e. The summed E-state index contributed by atoms with van der Waals surface area (Å²) in [7, 11) is 0. The number of carbonyl (C=O) groups is 1. The quantitative estimate of drug-likeness (QED) is 0.228. The van der Waals surface area contributed by atoms with Crippen molar-refractivity contribution in [1.82, 2.24) is 0 Å². The summed E-state index contributed by atoms with van der Waals surface area (Å²) < 4.78 is 61.0. The molecule has 2 aromatic rings. The first-order valence-electron chi connectivity index (χ1n) is 14.1. The zero-order valence-electron chi connectivity index (χ0n) is 22.4. The van der Waals surface area contributed by atoms with Gasteiger partial charge in [-0.3, -0.25) is 0 Å². The molecule has 208 valence electrons. The summed E-state index contributed by atoms with van der Waals surface area (Å²) in [5.41, 5.74) is 0.855. The van der Waals surface area contributed by atoms with E-state index in [9.17, 15) is 13.6 Å². The third-order valence-electron chi connectivity index (χ3n) is 7.97. The summed E-state index contributed by atoms with van der Waals surface area (Å²) in [5, 5.41) is 0. The van der Waals surface area contributed by atoms with Crippen LogP contribution in [0.4, 0.5) is 13.2 Å². The first-order valence-corrected chi connectivity index (χ1v) is 14.1. The first kappa shape index (κ1) is 28.5. The van der Waals surface area contributed by atoms with Crippen LogP contribution in [0.15, 0.2) is 30.3 Å². The minimum Gasteiger partial charge on any atom is -0.491 e. The fourth-order valence-corrected chi connectivity index (χ4v) is 5.74. The highest BCUT2D eigenvalue weighted by molar-refractivity contribution is 5.90. The number of benzene rings is 2. The van der Waals surface area contributed by atoms with Crippen molar-refractivity contribution >= 4 is 5.97 Å². The molecule has 0 aromatic heterocycles. The second kappa shape index (κ2) is 13.5. The number of unbranched alkanes of at least 4 members (excludes halogenated alkanes) is 1. The van der Waals surface area contributed by atoms with E-state index >= 15 is 4.39 Å². The van der Waals surface area contributed by atoms with Gasteiger partial charge in [0.05, 0.1) is 18.3 Å². The minimum atomic E-state index is -1.13. The molecule has 0 aliphatic heterocycles. The SMILES string of the molecule is CCCCOC1CCC(c2ccc(C(=O)OC3CCC(c4ccc(OCC)c(F)c4)CC3)c(F)c2F)CC1. The predicted octanol–water partition coefficient (Wildman–Crippen LogP) is 8.23. The Bertz CT molecular complexity index is 1070. The van der Waals surface area contributed by atoms with Gasteiger partial charge in [0.15, 0.2) is 23.2 Å². The number of hydrogen-bond donors (Lipinski definition) is 0. The molecule has 2 saturated carbocycles. The van der Waals surface area contributed by atoms with Gasteiger partial charge in [-0.2, -0.15) is 0 Å². The largest absolute Gasteiger partial charge is 0.491 e. The van der Waals surface area contributed by atoms with Crippen LogP contribution in [0.3, 0.4) is 0 Å². The molecule has 4 nitrogen and oxygen atoms in total. The molecule has 7 heteroatoms. The Morgan fingerprint density at radius 1 is 0.842 bits per heavy atom. The van der Waals surface area contributed by atoms with E-state index in [4.69, 9.17) is 14.2 Å². The topological polar surface area (TPSA) is 44.8 Å². The Kier molecular flexibility index (Phi) is 10.1. The predicted molar refractivity (Wildman–Crippen MR) is 140 cm³/mol. The Hall–Kier alpha value is -2.54. The molecule has 2 fully saturated rings. The van der Waals surface area contributed by atoms with Crippen LogP contribution in [0.1, 0.15) is 111 Å². The zero-order chi connectivity index (χ0) is 27.1. The summed E-state index contributed by atoms with van der Waals surface area (Å²) in [4.78, 5) is 12.7. The third-order valence-corrected chi connectivity index (χ3v) is 7.97. The molecular weight excluding hydrogens is 493 g/mol. The number of carbonyl (C=O) groups excluding carboxylic acids is 1. The van der Waals surface area contributed by atoms with Gasteiger partial charge >= 0.3 is 5.97 Å².